The van der Waals surface area contributed by atoms with Crippen LogP contribution in [0.4, 0.5) is 14.9 Å². The molecule has 1 atom stereocenters. The molecule has 2 saturated heterocycles. The Bertz CT molecular complexity index is 669. The molecule has 2 fully saturated rings. The lowest BCUT2D eigenvalue weighted by Crippen LogP contribution is -2.56. The van der Waals surface area contributed by atoms with Crippen molar-refractivity contribution in [2.45, 2.75) is 25.7 Å². The molecule has 3 rings (SSSR count). The molecule has 0 saturated carbocycles. The van der Waals surface area contributed by atoms with E-state index in [-0.39, 0.29) is 23.0 Å². The van der Waals surface area contributed by atoms with Gasteiger partial charge < -0.3 is 19.9 Å². The fourth-order valence-electron chi connectivity index (χ4n) is 3.98. The van der Waals surface area contributed by atoms with Crippen LogP contribution in [-0.4, -0.2) is 61.6 Å². The zero-order valence-corrected chi connectivity index (χ0v) is 15.2. The molecule has 2 aliphatic heterocycles. The maximum absolute atomic E-state index is 13.8. The van der Waals surface area contributed by atoms with Crippen LogP contribution in [0.25, 0.3) is 0 Å². The molecule has 142 valence electrons. The summed E-state index contributed by atoms with van der Waals surface area (Å²) in [5.41, 5.74) is 0.115. The van der Waals surface area contributed by atoms with E-state index in [0.29, 0.717) is 39.2 Å². The normalized spacial score (nSPS) is 23.4. The number of carbonyl (C=O) groups is 2. The highest BCUT2D eigenvalue weighted by atomic mass is 19.1. The predicted molar refractivity (Wildman–Crippen MR) is 96.3 cm³/mol. The second-order valence-electron chi connectivity index (χ2n) is 7.24. The number of piperidine rings is 2. The molecule has 2 aliphatic rings. The number of amides is 3. The fraction of sp³-hybridized carbons (Fsp3) is 0.579. The third-order valence-electron chi connectivity index (χ3n) is 5.38. The minimum Gasteiger partial charge on any atom is -0.383 e. The molecule has 1 N–H and O–H groups in total. The summed E-state index contributed by atoms with van der Waals surface area (Å²) < 4.78 is 18.9. The number of anilines is 1. The molecule has 0 unspecified atom stereocenters. The number of rotatable bonds is 4. The van der Waals surface area contributed by atoms with Crippen LogP contribution >= 0.6 is 0 Å². The molecule has 3 amide bonds. The van der Waals surface area contributed by atoms with Gasteiger partial charge in [-0.25, -0.2) is 9.18 Å². The van der Waals surface area contributed by atoms with Gasteiger partial charge in [0, 0.05) is 45.1 Å². The summed E-state index contributed by atoms with van der Waals surface area (Å²) in [5.74, 6) is -0.290. The van der Waals surface area contributed by atoms with Crippen LogP contribution in [0.1, 0.15) is 25.7 Å². The van der Waals surface area contributed by atoms with E-state index >= 15 is 0 Å². The highest BCUT2D eigenvalue weighted by Gasteiger charge is 2.42. The Hall–Kier alpha value is -2.15. The zero-order chi connectivity index (χ0) is 18.6. The molecular weight excluding hydrogens is 337 g/mol. The van der Waals surface area contributed by atoms with Crippen molar-refractivity contribution in [1.29, 1.82) is 0 Å². The molecule has 6 nitrogen and oxygen atoms in total. The number of urea groups is 1. The van der Waals surface area contributed by atoms with Gasteiger partial charge in [-0.15, -0.1) is 0 Å². The topological polar surface area (TPSA) is 61.9 Å². The van der Waals surface area contributed by atoms with Gasteiger partial charge in [0.15, 0.2) is 0 Å². The number of hydrogen-bond acceptors (Lipinski definition) is 3. The van der Waals surface area contributed by atoms with Gasteiger partial charge >= 0.3 is 6.03 Å². The van der Waals surface area contributed by atoms with Gasteiger partial charge in [-0.1, -0.05) is 12.1 Å². The van der Waals surface area contributed by atoms with Crippen LogP contribution in [0.2, 0.25) is 0 Å². The number of methoxy groups -OCH3 is 1. The van der Waals surface area contributed by atoms with Gasteiger partial charge in [0.2, 0.25) is 5.91 Å². The monoisotopic (exact) mass is 363 g/mol. The standard InChI is InChI=1S/C19H26FN3O3/c1-26-12-11-22-13-19(9-7-17(22)24)8-4-10-23(14-19)18(25)21-16-6-3-2-5-15(16)20/h2-3,5-6H,4,7-14H2,1H3,(H,21,25)/t19-/m0/s1. The van der Waals surface area contributed by atoms with Crippen molar-refractivity contribution >= 4 is 17.6 Å². The lowest BCUT2D eigenvalue weighted by molar-refractivity contribution is -0.139. The Balaban J connectivity index is 1.65. The van der Waals surface area contributed by atoms with Crippen molar-refractivity contribution in [2.75, 3.05) is 45.2 Å². The van der Waals surface area contributed by atoms with E-state index in [1.807, 2.05) is 4.90 Å². The average Bonchev–Trinajstić information content (AvgIpc) is 2.65. The summed E-state index contributed by atoms with van der Waals surface area (Å²) in [4.78, 5) is 28.4. The molecule has 0 aliphatic carbocycles. The van der Waals surface area contributed by atoms with Crippen molar-refractivity contribution < 1.29 is 18.7 Å². The summed E-state index contributed by atoms with van der Waals surface area (Å²) in [5, 5.41) is 2.67. The average molecular weight is 363 g/mol. The number of nitrogens with zero attached hydrogens (tertiary/aromatic N) is 2. The van der Waals surface area contributed by atoms with Gasteiger partial charge in [-0.2, -0.15) is 0 Å². The fourth-order valence-corrected chi connectivity index (χ4v) is 3.98. The van der Waals surface area contributed by atoms with E-state index < -0.39 is 5.82 Å². The number of nitrogens with one attached hydrogen (secondary N) is 1. The largest absolute Gasteiger partial charge is 0.383 e. The quantitative estimate of drug-likeness (QED) is 0.895. The molecule has 2 heterocycles. The highest BCUT2D eigenvalue weighted by molar-refractivity contribution is 5.89. The van der Waals surface area contributed by atoms with Crippen LogP contribution in [0.15, 0.2) is 24.3 Å². The Kier molecular flexibility index (Phi) is 5.76. The molecule has 7 heteroatoms. The van der Waals surface area contributed by atoms with E-state index in [0.717, 1.165) is 19.3 Å². The van der Waals surface area contributed by atoms with Crippen molar-refractivity contribution in [3.05, 3.63) is 30.1 Å². The summed E-state index contributed by atoms with van der Waals surface area (Å²) in [6, 6.07) is 5.88. The van der Waals surface area contributed by atoms with Gasteiger partial charge in [-0.3, -0.25) is 4.79 Å². The lowest BCUT2D eigenvalue weighted by atomic mass is 9.73. The number of halogens is 1. The Labute approximate surface area is 153 Å². The number of carbonyl (C=O) groups excluding carboxylic acids is 2. The van der Waals surface area contributed by atoms with Crippen LogP contribution < -0.4 is 5.32 Å². The molecular formula is C19H26FN3O3. The van der Waals surface area contributed by atoms with E-state index in [4.69, 9.17) is 4.74 Å². The van der Waals surface area contributed by atoms with E-state index in [9.17, 15) is 14.0 Å². The van der Waals surface area contributed by atoms with Gasteiger partial charge in [0.25, 0.3) is 0 Å². The third kappa shape index (κ3) is 4.15. The number of likely N-dealkylation sites (tertiary alicyclic amines) is 2. The maximum atomic E-state index is 13.8. The summed E-state index contributed by atoms with van der Waals surface area (Å²) in [6.45, 7) is 2.98. The van der Waals surface area contributed by atoms with E-state index in [2.05, 4.69) is 5.32 Å². The van der Waals surface area contributed by atoms with Gasteiger partial charge in [0.1, 0.15) is 5.82 Å². The molecule has 1 spiro atoms. The Morgan fingerprint density at radius 2 is 2.12 bits per heavy atom. The van der Waals surface area contributed by atoms with Crippen molar-refractivity contribution in [2.24, 2.45) is 5.41 Å². The number of benzene rings is 1. The predicted octanol–water partition coefficient (Wildman–Crippen LogP) is 2.71. The summed E-state index contributed by atoms with van der Waals surface area (Å²) >= 11 is 0. The molecule has 0 bridgehead atoms. The minimum atomic E-state index is -0.443. The van der Waals surface area contributed by atoms with Gasteiger partial charge in [-0.05, 0) is 31.4 Å². The van der Waals surface area contributed by atoms with Crippen LogP contribution in [-0.2, 0) is 9.53 Å². The van der Waals surface area contributed by atoms with Crippen molar-refractivity contribution in [3.8, 4) is 0 Å². The lowest BCUT2D eigenvalue weighted by Gasteiger charge is -2.48. The minimum absolute atomic E-state index is 0.0769. The molecule has 26 heavy (non-hydrogen) atoms. The zero-order valence-electron chi connectivity index (χ0n) is 15.2. The molecule has 0 radical (unpaired) electrons. The van der Waals surface area contributed by atoms with Crippen LogP contribution in [0.5, 0.6) is 0 Å². The number of ether oxygens (including phenoxy) is 1. The summed E-state index contributed by atoms with van der Waals surface area (Å²) in [6.07, 6.45) is 3.18. The first-order chi connectivity index (χ1) is 12.5. The Morgan fingerprint density at radius 3 is 2.88 bits per heavy atom. The van der Waals surface area contributed by atoms with Crippen LogP contribution in [0, 0.1) is 11.2 Å². The van der Waals surface area contributed by atoms with Crippen LogP contribution in [0.3, 0.4) is 0 Å². The Morgan fingerprint density at radius 1 is 1.31 bits per heavy atom. The smallest absolute Gasteiger partial charge is 0.321 e. The first-order valence-corrected chi connectivity index (χ1v) is 9.10. The van der Waals surface area contributed by atoms with E-state index in [1.54, 1.807) is 30.2 Å². The first-order valence-electron chi connectivity index (χ1n) is 9.10. The first kappa shape index (κ1) is 18.6. The second kappa shape index (κ2) is 8.03. The van der Waals surface area contributed by atoms with Crippen molar-refractivity contribution in [1.82, 2.24) is 9.80 Å². The third-order valence-corrected chi connectivity index (χ3v) is 5.38. The SMILES string of the molecule is COCCN1C[C@]2(CCCN(C(=O)Nc3ccccc3F)C2)CCC1=O. The number of para-hydroxylation sites is 1. The van der Waals surface area contributed by atoms with Crippen molar-refractivity contribution in [3.63, 3.8) is 0 Å². The molecule has 0 aromatic heterocycles. The highest BCUT2D eigenvalue weighted by Crippen LogP contribution is 2.39. The molecule has 1 aromatic carbocycles. The maximum Gasteiger partial charge on any atom is 0.321 e. The van der Waals surface area contributed by atoms with E-state index in [1.165, 1.54) is 6.07 Å². The number of hydrogen-bond donors (Lipinski definition) is 1. The second-order valence-corrected chi connectivity index (χ2v) is 7.24. The molecule has 1 aromatic rings. The summed E-state index contributed by atoms with van der Waals surface area (Å²) in [7, 11) is 1.62. The van der Waals surface area contributed by atoms with Gasteiger partial charge in [0.05, 0.1) is 12.3 Å².